The Kier molecular flexibility index (Phi) is 9.91. The number of hydrogen-bond acceptors (Lipinski definition) is 5. The van der Waals surface area contributed by atoms with E-state index in [0.29, 0.717) is 26.2 Å². The van der Waals surface area contributed by atoms with Crippen LogP contribution in [-0.4, -0.2) is 72.6 Å². The van der Waals surface area contributed by atoms with Crippen LogP contribution in [0.3, 0.4) is 0 Å². The van der Waals surface area contributed by atoms with E-state index in [9.17, 15) is 9.59 Å². The molecule has 1 N–H and O–H groups in total. The zero-order valence-corrected chi connectivity index (χ0v) is 24.5. The molecule has 2 saturated heterocycles. The first kappa shape index (κ1) is 29.4. The third-order valence-corrected chi connectivity index (χ3v) is 8.40. The van der Waals surface area contributed by atoms with Crippen LogP contribution in [0.5, 0.6) is 5.75 Å². The maximum atomic E-state index is 13.6. The lowest BCUT2D eigenvalue weighted by Crippen LogP contribution is -2.57. The van der Waals surface area contributed by atoms with Gasteiger partial charge in [0.05, 0.1) is 13.0 Å². The molecule has 0 aromatic heterocycles. The van der Waals surface area contributed by atoms with Gasteiger partial charge in [-0.05, 0) is 67.5 Å². The summed E-state index contributed by atoms with van der Waals surface area (Å²) in [6.07, 6.45) is 2.79. The van der Waals surface area contributed by atoms with Crippen LogP contribution in [0.25, 0.3) is 0 Å². The Morgan fingerprint density at radius 1 is 1.08 bits per heavy atom. The van der Waals surface area contributed by atoms with Gasteiger partial charge in [0, 0.05) is 50.7 Å². The lowest BCUT2D eigenvalue weighted by molar-refractivity contribution is -0.157. The second kappa shape index (κ2) is 13.2. The highest BCUT2D eigenvalue weighted by molar-refractivity contribution is 6.32. The Balaban J connectivity index is 1.48. The molecule has 2 aliphatic rings. The highest BCUT2D eigenvalue weighted by Gasteiger charge is 2.41. The zero-order valence-electron chi connectivity index (χ0n) is 23.7. The van der Waals surface area contributed by atoms with E-state index in [-0.39, 0.29) is 30.9 Å². The predicted octanol–water partition coefficient (Wildman–Crippen LogP) is 4.69. The minimum Gasteiger partial charge on any atom is -0.490 e. The van der Waals surface area contributed by atoms with Crippen molar-refractivity contribution in [2.45, 2.75) is 71.6 Å². The summed E-state index contributed by atoms with van der Waals surface area (Å²) in [5.74, 6) is 0.772. The topological polar surface area (TPSA) is 71.1 Å². The minimum absolute atomic E-state index is 0.0245. The number of likely N-dealkylation sites (tertiary alicyclic amines) is 1. The van der Waals surface area contributed by atoms with Crippen molar-refractivity contribution in [2.75, 3.05) is 39.4 Å². The van der Waals surface area contributed by atoms with E-state index >= 15 is 0 Å². The van der Waals surface area contributed by atoms with Crippen LogP contribution >= 0.6 is 11.6 Å². The summed E-state index contributed by atoms with van der Waals surface area (Å²) >= 11 is 6.37. The first-order valence-corrected chi connectivity index (χ1v) is 14.4. The van der Waals surface area contributed by atoms with Gasteiger partial charge in [0.15, 0.2) is 0 Å². The van der Waals surface area contributed by atoms with Crippen molar-refractivity contribution >= 4 is 23.4 Å². The van der Waals surface area contributed by atoms with E-state index in [1.165, 1.54) is 18.1 Å². The molecule has 2 aromatic rings. The smallest absolute Gasteiger partial charge is 0.225 e. The van der Waals surface area contributed by atoms with Crippen LogP contribution in [0.4, 0.5) is 0 Å². The molecule has 212 valence electrons. The Morgan fingerprint density at radius 3 is 2.33 bits per heavy atom. The summed E-state index contributed by atoms with van der Waals surface area (Å²) in [6.45, 7) is 11.9. The van der Waals surface area contributed by atoms with Gasteiger partial charge in [-0.25, -0.2) is 0 Å². The van der Waals surface area contributed by atoms with Crippen molar-refractivity contribution < 1.29 is 19.1 Å². The largest absolute Gasteiger partial charge is 0.490 e. The van der Waals surface area contributed by atoms with Gasteiger partial charge in [-0.1, -0.05) is 42.8 Å². The summed E-state index contributed by atoms with van der Waals surface area (Å²) in [4.78, 5) is 29.3. The SMILES string of the molecule is CCc1ccc(CN2CCOC(COc3cc(C)c(Cl)c(C)c3)(CC(=O)N3CCC(NC(C)=O)CC3)C2)cc1. The second-order valence-electron chi connectivity index (χ2n) is 11.1. The molecule has 1 unspecified atom stereocenters. The minimum atomic E-state index is -0.769. The van der Waals surface area contributed by atoms with Gasteiger partial charge in [0.25, 0.3) is 0 Å². The number of hydrogen-bond donors (Lipinski definition) is 1. The normalized spacial score (nSPS) is 20.6. The molecule has 39 heavy (non-hydrogen) atoms. The maximum absolute atomic E-state index is 13.6. The monoisotopic (exact) mass is 555 g/mol. The molecular weight excluding hydrogens is 514 g/mol. The first-order valence-electron chi connectivity index (χ1n) is 14.0. The number of ether oxygens (including phenoxy) is 2. The molecule has 7 nitrogen and oxygen atoms in total. The van der Waals surface area contributed by atoms with E-state index in [4.69, 9.17) is 21.1 Å². The van der Waals surface area contributed by atoms with Gasteiger partial charge >= 0.3 is 0 Å². The summed E-state index contributed by atoms with van der Waals surface area (Å²) in [5.41, 5.74) is 3.72. The van der Waals surface area contributed by atoms with E-state index in [0.717, 1.165) is 54.3 Å². The zero-order chi connectivity index (χ0) is 28.0. The number of carbonyl (C=O) groups is 2. The van der Waals surface area contributed by atoms with Crippen molar-refractivity contribution in [3.63, 3.8) is 0 Å². The quantitative estimate of drug-likeness (QED) is 0.486. The lowest BCUT2D eigenvalue weighted by Gasteiger charge is -2.43. The highest BCUT2D eigenvalue weighted by atomic mass is 35.5. The van der Waals surface area contributed by atoms with E-state index in [1.807, 2.05) is 30.9 Å². The number of morpholine rings is 1. The molecule has 2 amide bonds. The van der Waals surface area contributed by atoms with Crippen molar-refractivity contribution in [2.24, 2.45) is 0 Å². The third-order valence-electron chi connectivity index (χ3n) is 7.81. The number of amides is 2. The Hall–Kier alpha value is -2.61. The molecular formula is C31H42ClN3O4. The first-order chi connectivity index (χ1) is 18.7. The second-order valence-corrected chi connectivity index (χ2v) is 11.5. The molecule has 0 radical (unpaired) electrons. The summed E-state index contributed by atoms with van der Waals surface area (Å²) in [7, 11) is 0. The standard InChI is InChI=1S/C31H42ClN3O4/c1-5-25-6-8-26(9-7-25)19-34-14-15-39-31(20-34,21-38-28-16-22(2)30(32)23(3)17-28)18-29(37)35-12-10-27(11-13-35)33-24(4)36/h6-9,16-17,27H,5,10-15,18-21H2,1-4H3,(H,33,36). The van der Waals surface area contributed by atoms with Gasteiger partial charge < -0.3 is 19.7 Å². The molecule has 0 bridgehead atoms. The number of nitrogens with zero attached hydrogens (tertiary/aromatic N) is 2. The van der Waals surface area contributed by atoms with Crippen LogP contribution < -0.4 is 10.1 Å². The number of piperidine rings is 1. The number of carbonyl (C=O) groups excluding carboxylic acids is 2. The number of benzene rings is 2. The summed E-state index contributed by atoms with van der Waals surface area (Å²) in [6, 6.07) is 12.8. The van der Waals surface area contributed by atoms with Crippen molar-refractivity contribution in [1.82, 2.24) is 15.1 Å². The molecule has 0 spiro atoms. The van der Waals surface area contributed by atoms with Crippen molar-refractivity contribution in [3.05, 3.63) is 63.7 Å². The van der Waals surface area contributed by atoms with Crippen LogP contribution in [0, 0.1) is 13.8 Å². The van der Waals surface area contributed by atoms with Crippen LogP contribution in [0.15, 0.2) is 36.4 Å². The highest BCUT2D eigenvalue weighted by Crippen LogP contribution is 2.30. The molecule has 8 heteroatoms. The van der Waals surface area contributed by atoms with E-state index in [2.05, 4.69) is 41.4 Å². The predicted molar refractivity (Wildman–Crippen MR) is 154 cm³/mol. The Bertz CT molecular complexity index is 1120. The fourth-order valence-corrected chi connectivity index (χ4v) is 5.70. The summed E-state index contributed by atoms with van der Waals surface area (Å²) in [5, 5.41) is 3.72. The van der Waals surface area contributed by atoms with E-state index in [1.54, 1.807) is 0 Å². The number of aryl methyl sites for hydroxylation is 3. The molecule has 2 aromatic carbocycles. The lowest BCUT2D eigenvalue weighted by atomic mass is 9.95. The Morgan fingerprint density at radius 2 is 1.72 bits per heavy atom. The number of rotatable bonds is 9. The van der Waals surface area contributed by atoms with Crippen LogP contribution in [0.1, 0.15) is 55.4 Å². The van der Waals surface area contributed by atoms with Gasteiger partial charge in [-0.15, -0.1) is 0 Å². The molecule has 0 aliphatic carbocycles. The third kappa shape index (κ3) is 7.96. The Labute approximate surface area is 237 Å². The average Bonchev–Trinajstić information content (AvgIpc) is 2.91. The fourth-order valence-electron chi connectivity index (χ4n) is 5.59. The van der Waals surface area contributed by atoms with Crippen LogP contribution in [0.2, 0.25) is 5.02 Å². The molecule has 4 rings (SSSR count). The van der Waals surface area contributed by atoms with Crippen molar-refractivity contribution in [3.8, 4) is 5.75 Å². The molecule has 1 atom stereocenters. The van der Waals surface area contributed by atoms with Gasteiger partial charge in [0.1, 0.15) is 18.0 Å². The molecule has 2 fully saturated rings. The van der Waals surface area contributed by atoms with Gasteiger partial charge in [0.2, 0.25) is 11.8 Å². The number of nitrogens with one attached hydrogen (secondary N) is 1. The van der Waals surface area contributed by atoms with Gasteiger partial charge in [-0.3, -0.25) is 14.5 Å². The molecule has 2 aliphatic heterocycles. The average molecular weight is 556 g/mol. The van der Waals surface area contributed by atoms with E-state index < -0.39 is 5.60 Å². The van der Waals surface area contributed by atoms with Crippen molar-refractivity contribution in [1.29, 1.82) is 0 Å². The van der Waals surface area contributed by atoms with Gasteiger partial charge in [-0.2, -0.15) is 0 Å². The molecule has 0 saturated carbocycles. The fraction of sp³-hybridized carbons (Fsp3) is 0.548. The number of halogens is 1. The molecule has 2 heterocycles. The van der Waals surface area contributed by atoms with Crippen LogP contribution in [-0.2, 0) is 27.3 Å². The maximum Gasteiger partial charge on any atom is 0.225 e. The summed E-state index contributed by atoms with van der Waals surface area (Å²) < 4.78 is 12.7.